The minimum absolute atomic E-state index is 0.210. The number of amides is 1. The first-order chi connectivity index (χ1) is 10.8. The molecule has 1 saturated carbocycles. The predicted molar refractivity (Wildman–Crippen MR) is 91.5 cm³/mol. The highest BCUT2D eigenvalue weighted by atomic mass is 32.1. The maximum atomic E-state index is 13.0. The van der Waals surface area contributed by atoms with Crippen molar-refractivity contribution in [3.8, 4) is 0 Å². The highest BCUT2D eigenvalue weighted by Crippen LogP contribution is 2.56. The van der Waals surface area contributed by atoms with Crippen LogP contribution in [0.2, 0.25) is 0 Å². The van der Waals surface area contributed by atoms with E-state index in [0.29, 0.717) is 11.5 Å². The van der Waals surface area contributed by atoms with Crippen molar-refractivity contribution in [2.75, 3.05) is 13.1 Å². The molecule has 116 valence electrons. The average Bonchev–Trinajstić information content (AvgIpc) is 3.02. The summed E-state index contributed by atoms with van der Waals surface area (Å²) in [5.74, 6) is 0.210. The van der Waals surface area contributed by atoms with Gasteiger partial charge in [-0.15, -0.1) is 11.3 Å². The van der Waals surface area contributed by atoms with E-state index in [9.17, 15) is 4.79 Å². The SMILES string of the molecule is O=C(c1cccs1)N(Cc1ccsc1)C1CC12CCNCC2. The van der Waals surface area contributed by atoms with Gasteiger partial charge in [0.05, 0.1) is 4.88 Å². The largest absolute Gasteiger partial charge is 0.330 e. The lowest BCUT2D eigenvalue weighted by Gasteiger charge is -2.29. The summed E-state index contributed by atoms with van der Waals surface area (Å²) in [6.45, 7) is 2.94. The fourth-order valence-electron chi connectivity index (χ4n) is 3.67. The number of carbonyl (C=O) groups is 1. The number of rotatable bonds is 4. The Morgan fingerprint density at radius 1 is 1.32 bits per heavy atom. The Balaban J connectivity index is 1.57. The molecule has 2 aliphatic rings. The van der Waals surface area contributed by atoms with Gasteiger partial charge in [-0.2, -0.15) is 11.3 Å². The fourth-order valence-corrected chi connectivity index (χ4v) is 5.01. The molecule has 0 aromatic carbocycles. The number of hydrogen-bond acceptors (Lipinski definition) is 4. The van der Waals surface area contributed by atoms with Gasteiger partial charge in [0.1, 0.15) is 0 Å². The summed E-state index contributed by atoms with van der Waals surface area (Å²) >= 11 is 3.26. The summed E-state index contributed by atoms with van der Waals surface area (Å²) in [6, 6.07) is 6.47. The lowest BCUT2D eigenvalue weighted by molar-refractivity contribution is 0.0697. The van der Waals surface area contributed by atoms with Crippen molar-refractivity contribution in [3.05, 3.63) is 44.8 Å². The molecule has 2 aromatic rings. The monoisotopic (exact) mass is 332 g/mol. The molecule has 3 nitrogen and oxygen atoms in total. The zero-order chi connectivity index (χ0) is 15.0. The van der Waals surface area contributed by atoms with Crippen LogP contribution in [0.15, 0.2) is 34.3 Å². The van der Waals surface area contributed by atoms with Crippen LogP contribution in [0.3, 0.4) is 0 Å². The maximum absolute atomic E-state index is 13.0. The van der Waals surface area contributed by atoms with Crippen LogP contribution in [0.1, 0.15) is 34.5 Å². The quantitative estimate of drug-likeness (QED) is 0.928. The molecule has 0 bridgehead atoms. The molecule has 2 aromatic heterocycles. The number of nitrogens with one attached hydrogen (secondary N) is 1. The summed E-state index contributed by atoms with van der Waals surface area (Å²) in [4.78, 5) is 16.0. The molecule has 4 rings (SSSR count). The Hall–Kier alpha value is -1.17. The predicted octanol–water partition coefficient (Wildman–Crippen LogP) is 3.59. The number of nitrogens with zero attached hydrogens (tertiary/aromatic N) is 1. The van der Waals surface area contributed by atoms with E-state index >= 15 is 0 Å². The number of piperidine rings is 1. The Labute approximate surface area is 139 Å². The van der Waals surface area contributed by atoms with E-state index in [0.717, 1.165) is 24.5 Å². The lowest BCUT2D eigenvalue weighted by atomic mass is 9.93. The molecule has 2 fully saturated rings. The van der Waals surface area contributed by atoms with Crippen molar-refractivity contribution >= 4 is 28.6 Å². The molecule has 1 amide bonds. The number of carbonyl (C=O) groups excluding carboxylic acids is 1. The van der Waals surface area contributed by atoms with Crippen LogP contribution in [0, 0.1) is 5.41 Å². The third-order valence-electron chi connectivity index (χ3n) is 5.05. The topological polar surface area (TPSA) is 32.3 Å². The van der Waals surface area contributed by atoms with Crippen LogP contribution >= 0.6 is 22.7 Å². The van der Waals surface area contributed by atoms with E-state index in [1.807, 2.05) is 17.5 Å². The van der Waals surface area contributed by atoms with Gasteiger partial charge in [0, 0.05) is 12.6 Å². The van der Waals surface area contributed by atoms with E-state index in [1.165, 1.54) is 24.8 Å². The van der Waals surface area contributed by atoms with Crippen molar-refractivity contribution < 1.29 is 4.79 Å². The number of hydrogen-bond donors (Lipinski definition) is 1. The minimum Gasteiger partial charge on any atom is -0.330 e. The van der Waals surface area contributed by atoms with Crippen LogP contribution in [-0.2, 0) is 6.54 Å². The third kappa shape index (κ3) is 2.62. The van der Waals surface area contributed by atoms with Gasteiger partial charge >= 0.3 is 0 Å². The van der Waals surface area contributed by atoms with E-state index in [4.69, 9.17) is 0 Å². The van der Waals surface area contributed by atoms with Crippen LogP contribution in [-0.4, -0.2) is 29.9 Å². The minimum atomic E-state index is 0.210. The van der Waals surface area contributed by atoms with Crippen molar-refractivity contribution in [1.29, 1.82) is 0 Å². The molecule has 1 N–H and O–H groups in total. The van der Waals surface area contributed by atoms with Crippen LogP contribution < -0.4 is 5.32 Å². The van der Waals surface area contributed by atoms with E-state index in [-0.39, 0.29) is 5.91 Å². The van der Waals surface area contributed by atoms with Gasteiger partial charge in [-0.25, -0.2) is 0 Å². The first kappa shape index (κ1) is 14.4. The molecule has 1 unspecified atom stereocenters. The Morgan fingerprint density at radius 2 is 2.18 bits per heavy atom. The van der Waals surface area contributed by atoms with Gasteiger partial charge in [-0.05, 0) is 71.6 Å². The smallest absolute Gasteiger partial charge is 0.264 e. The second kappa shape index (κ2) is 5.80. The van der Waals surface area contributed by atoms with Gasteiger partial charge in [0.25, 0.3) is 5.91 Å². The average molecular weight is 332 g/mol. The molecular formula is C17H20N2OS2. The first-order valence-electron chi connectivity index (χ1n) is 7.85. The van der Waals surface area contributed by atoms with Crippen molar-refractivity contribution in [1.82, 2.24) is 10.2 Å². The molecule has 1 aliphatic heterocycles. The lowest BCUT2D eigenvalue weighted by Crippen LogP contribution is -2.38. The molecule has 3 heterocycles. The molecule has 1 atom stereocenters. The molecule has 1 aliphatic carbocycles. The van der Waals surface area contributed by atoms with Gasteiger partial charge in [-0.3, -0.25) is 4.79 Å². The van der Waals surface area contributed by atoms with Gasteiger partial charge in [0.15, 0.2) is 0 Å². The zero-order valence-electron chi connectivity index (χ0n) is 12.5. The Bertz CT molecular complexity index is 630. The molecule has 1 saturated heterocycles. The molecule has 22 heavy (non-hydrogen) atoms. The summed E-state index contributed by atoms with van der Waals surface area (Å²) in [5, 5.41) is 9.68. The van der Waals surface area contributed by atoms with Crippen LogP contribution in [0.25, 0.3) is 0 Å². The summed E-state index contributed by atoms with van der Waals surface area (Å²) in [5.41, 5.74) is 1.64. The standard InChI is InChI=1S/C17H20N2OS2/c20-16(14-2-1-8-22-14)19(11-13-3-9-21-12-13)15-10-17(15)4-6-18-7-5-17/h1-3,8-9,12,15,18H,4-7,10-11H2. The summed E-state index contributed by atoms with van der Waals surface area (Å²) < 4.78 is 0. The normalized spacial score (nSPS) is 22.6. The highest BCUT2D eigenvalue weighted by Gasteiger charge is 2.57. The van der Waals surface area contributed by atoms with Crippen LogP contribution in [0.5, 0.6) is 0 Å². The van der Waals surface area contributed by atoms with Gasteiger partial charge < -0.3 is 10.2 Å². The van der Waals surface area contributed by atoms with Crippen molar-refractivity contribution in [2.45, 2.75) is 31.8 Å². The van der Waals surface area contributed by atoms with Gasteiger partial charge in [-0.1, -0.05) is 6.07 Å². The van der Waals surface area contributed by atoms with E-state index in [1.54, 1.807) is 22.7 Å². The summed E-state index contributed by atoms with van der Waals surface area (Å²) in [6.07, 6.45) is 3.58. The molecule has 5 heteroatoms. The van der Waals surface area contributed by atoms with E-state index < -0.39 is 0 Å². The first-order valence-corrected chi connectivity index (χ1v) is 9.67. The van der Waals surface area contributed by atoms with Crippen molar-refractivity contribution in [3.63, 3.8) is 0 Å². The Kier molecular flexibility index (Phi) is 3.80. The molecule has 0 radical (unpaired) electrons. The van der Waals surface area contributed by atoms with Gasteiger partial charge in [0.2, 0.25) is 0 Å². The second-order valence-corrected chi connectivity index (χ2v) is 8.10. The fraction of sp³-hybridized carbons (Fsp3) is 0.471. The second-order valence-electron chi connectivity index (χ2n) is 6.37. The van der Waals surface area contributed by atoms with Crippen LogP contribution in [0.4, 0.5) is 0 Å². The third-order valence-corrected chi connectivity index (χ3v) is 6.64. The van der Waals surface area contributed by atoms with E-state index in [2.05, 4.69) is 27.0 Å². The highest BCUT2D eigenvalue weighted by molar-refractivity contribution is 7.12. The maximum Gasteiger partial charge on any atom is 0.264 e. The molecule has 1 spiro atoms. The Morgan fingerprint density at radius 3 is 2.86 bits per heavy atom. The number of thiophene rings is 2. The summed E-state index contributed by atoms with van der Waals surface area (Å²) in [7, 11) is 0. The molecular weight excluding hydrogens is 312 g/mol. The zero-order valence-corrected chi connectivity index (χ0v) is 14.1. The van der Waals surface area contributed by atoms with Crippen molar-refractivity contribution in [2.24, 2.45) is 5.41 Å².